The minimum Gasteiger partial charge on any atom is -0.364 e. The van der Waals surface area contributed by atoms with E-state index in [1.54, 1.807) is 12.1 Å². The maximum Gasteiger partial charge on any atom is 0.251 e. The van der Waals surface area contributed by atoms with E-state index in [-0.39, 0.29) is 17.9 Å². The molecular weight excluding hydrogens is 270 g/mol. The molecule has 114 valence electrons. The van der Waals surface area contributed by atoms with E-state index in [1.807, 2.05) is 18.2 Å². The van der Waals surface area contributed by atoms with Crippen LogP contribution < -0.4 is 16.4 Å². The Balaban J connectivity index is 1.64. The molecule has 6 heteroatoms. The fraction of sp³-hybridized carbons (Fsp3) is 0.467. The van der Waals surface area contributed by atoms with Gasteiger partial charge in [0.2, 0.25) is 5.91 Å². The van der Waals surface area contributed by atoms with Gasteiger partial charge in [0.25, 0.3) is 5.91 Å². The summed E-state index contributed by atoms with van der Waals surface area (Å²) in [4.78, 5) is 23.6. The summed E-state index contributed by atoms with van der Waals surface area (Å²) in [6, 6.07) is 8.96. The normalized spacial score (nSPS) is 21.0. The van der Waals surface area contributed by atoms with Crippen LogP contribution in [0, 0.1) is 0 Å². The molecule has 21 heavy (non-hydrogen) atoms. The third kappa shape index (κ3) is 4.54. The molecule has 2 rings (SSSR count). The first-order valence-corrected chi connectivity index (χ1v) is 7.17. The van der Waals surface area contributed by atoms with Crippen molar-refractivity contribution in [1.29, 1.82) is 0 Å². The topological polar surface area (TPSA) is 93.5 Å². The van der Waals surface area contributed by atoms with Gasteiger partial charge >= 0.3 is 0 Å². The van der Waals surface area contributed by atoms with E-state index in [0.29, 0.717) is 31.6 Å². The molecule has 1 aromatic rings. The Labute approximate surface area is 124 Å². The summed E-state index contributed by atoms with van der Waals surface area (Å²) >= 11 is 0. The van der Waals surface area contributed by atoms with E-state index in [0.717, 1.165) is 6.42 Å². The van der Waals surface area contributed by atoms with Gasteiger partial charge in [-0.05, 0) is 25.0 Å². The van der Waals surface area contributed by atoms with Crippen molar-refractivity contribution in [2.75, 3.05) is 19.6 Å². The predicted molar refractivity (Wildman–Crippen MR) is 78.7 cm³/mol. The molecule has 0 radical (unpaired) electrons. The van der Waals surface area contributed by atoms with E-state index in [2.05, 4.69) is 10.6 Å². The van der Waals surface area contributed by atoms with Crippen LogP contribution in [0.25, 0.3) is 0 Å². The number of carbonyl (C=O) groups excluding carboxylic acids is 2. The molecular formula is C15H21N3O3. The molecule has 0 aliphatic carbocycles. The van der Waals surface area contributed by atoms with Crippen molar-refractivity contribution in [3.63, 3.8) is 0 Å². The summed E-state index contributed by atoms with van der Waals surface area (Å²) < 4.78 is 5.50. The number of hydrogen-bond acceptors (Lipinski definition) is 4. The summed E-state index contributed by atoms with van der Waals surface area (Å²) in [7, 11) is 0. The molecule has 1 aliphatic rings. The first-order valence-electron chi connectivity index (χ1n) is 7.17. The van der Waals surface area contributed by atoms with Gasteiger partial charge in [-0.2, -0.15) is 0 Å². The Morgan fingerprint density at radius 1 is 1.14 bits per heavy atom. The van der Waals surface area contributed by atoms with Gasteiger partial charge in [0.05, 0.1) is 6.10 Å². The number of amides is 2. The van der Waals surface area contributed by atoms with Gasteiger partial charge in [-0.25, -0.2) is 0 Å². The Kier molecular flexibility index (Phi) is 5.71. The molecule has 2 atom stereocenters. The van der Waals surface area contributed by atoms with Crippen molar-refractivity contribution in [3.8, 4) is 0 Å². The standard InChI is InChI=1S/C15H21N3O3/c16-10-12-6-7-13(21-12)15(20)18-9-8-17-14(19)11-4-2-1-3-5-11/h1-5,12-13H,6-10,16H2,(H,17,19)(H,18,20)/t12-,13+/m1/s1. The SMILES string of the molecule is NC[C@H]1CC[C@@H](C(=O)NCCNC(=O)c2ccccc2)O1. The van der Waals surface area contributed by atoms with Crippen LogP contribution in [0.5, 0.6) is 0 Å². The van der Waals surface area contributed by atoms with Crippen LogP contribution in [0.1, 0.15) is 23.2 Å². The van der Waals surface area contributed by atoms with Crippen LogP contribution in [0.3, 0.4) is 0 Å². The third-order valence-electron chi connectivity index (χ3n) is 3.41. The second-order valence-corrected chi connectivity index (χ2v) is 4.97. The maximum absolute atomic E-state index is 11.8. The van der Waals surface area contributed by atoms with Crippen molar-refractivity contribution in [2.24, 2.45) is 5.73 Å². The molecule has 0 aromatic heterocycles. The lowest BCUT2D eigenvalue weighted by Crippen LogP contribution is -2.40. The predicted octanol–water partition coefficient (Wildman–Crippen LogP) is 0.0389. The molecule has 0 unspecified atom stereocenters. The average Bonchev–Trinajstić information content (AvgIpc) is 3.01. The van der Waals surface area contributed by atoms with Gasteiger partial charge in [0.1, 0.15) is 6.10 Å². The zero-order valence-corrected chi connectivity index (χ0v) is 11.9. The molecule has 1 aliphatic heterocycles. The summed E-state index contributed by atoms with van der Waals surface area (Å²) in [5.41, 5.74) is 6.11. The Morgan fingerprint density at radius 2 is 1.86 bits per heavy atom. The van der Waals surface area contributed by atoms with Gasteiger partial charge in [-0.15, -0.1) is 0 Å². The van der Waals surface area contributed by atoms with Crippen molar-refractivity contribution >= 4 is 11.8 Å². The number of benzene rings is 1. The summed E-state index contributed by atoms with van der Waals surface area (Å²) in [6.45, 7) is 1.20. The monoisotopic (exact) mass is 291 g/mol. The molecule has 1 heterocycles. The zero-order chi connectivity index (χ0) is 15.1. The van der Waals surface area contributed by atoms with E-state index in [9.17, 15) is 9.59 Å². The highest BCUT2D eigenvalue weighted by atomic mass is 16.5. The van der Waals surface area contributed by atoms with Crippen molar-refractivity contribution in [2.45, 2.75) is 25.0 Å². The Bertz CT molecular complexity index is 478. The lowest BCUT2D eigenvalue weighted by atomic mass is 10.2. The number of nitrogens with one attached hydrogen (secondary N) is 2. The molecule has 0 spiro atoms. The molecule has 1 saturated heterocycles. The van der Waals surface area contributed by atoms with Crippen LogP contribution in [0.15, 0.2) is 30.3 Å². The van der Waals surface area contributed by atoms with Crippen LogP contribution in [0.2, 0.25) is 0 Å². The van der Waals surface area contributed by atoms with E-state index >= 15 is 0 Å². The summed E-state index contributed by atoms with van der Waals surface area (Å²) in [5.74, 6) is -0.287. The Morgan fingerprint density at radius 3 is 2.52 bits per heavy atom. The van der Waals surface area contributed by atoms with E-state index in [1.165, 1.54) is 0 Å². The third-order valence-corrected chi connectivity index (χ3v) is 3.41. The van der Waals surface area contributed by atoms with Crippen LogP contribution in [-0.4, -0.2) is 43.7 Å². The number of rotatable bonds is 6. The molecule has 1 fully saturated rings. The number of ether oxygens (including phenoxy) is 1. The summed E-state index contributed by atoms with van der Waals surface area (Å²) in [5, 5.41) is 5.51. The lowest BCUT2D eigenvalue weighted by Gasteiger charge is -2.13. The lowest BCUT2D eigenvalue weighted by molar-refractivity contribution is -0.131. The van der Waals surface area contributed by atoms with Gasteiger partial charge in [0.15, 0.2) is 0 Å². The molecule has 0 bridgehead atoms. The average molecular weight is 291 g/mol. The van der Waals surface area contributed by atoms with Crippen LogP contribution in [-0.2, 0) is 9.53 Å². The Hall–Kier alpha value is -1.92. The van der Waals surface area contributed by atoms with Gasteiger partial charge in [-0.3, -0.25) is 9.59 Å². The maximum atomic E-state index is 11.8. The fourth-order valence-electron chi connectivity index (χ4n) is 2.24. The fourth-order valence-corrected chi connectivity index (χ4v) is 2.24. The molecule has 4 N–H and O–H groups in total. The zero-order valence-electron chi connectivity index (χ0n) is 11.9. The van der Waals surface area contributed by atoms with Crippen LogP contribution >= 0.6 is 0 Å². The summed E-state index contributed by atoms with van der Waals surface area (Å²) in [6.07, 6.45) is 1.09. The van der Waals surface area contributed by atoms with Gasteiger partial charge in [-0.1, -0.05) is 18.2 Å². The second-order valence-electron chi connectivity index (χ2n) is 4.97. The molecule has 6 nitrogen and oxygen atoms in total. The highest BCUT2D eigenvalue weighted by molar-refractivity contribution is 5.94. The van der Waals surface area contributed by atoms with Gasteiger partial charge < -0.3 is 21.1 Å². The highest BCUT2D eigenvalue weighted by Crippen LogP contribution is 2.18. The number of hydrogen-bond donors (Lipinski definition) is 3. The van der Waals surface area contributed by atoms with Crippen LogP contribution in [0.4, 0.5) is 0 Å². The second kappa shape index (κ2) is 7.75. The van der Waals surface area contributed by atoms with Crippen molar-refractivity contribution in [1.82, 2.24) is 10.6 Å². The molecule has 2 amide bonds. The molecule has 1 aromatic carbocycles. The van der Waals surface area contributed by atoms with Crippen molar-refractivity contribution in [3.05, 3.63) is 35.9 Å². The first-order chi connectivity index (χ1) is 10.2. The minimum absolute atomic E-state index is 0.0152. The molecule has 0 saturated carbocycles. The van der Waals surface area contributed by atoms with Crippen molar-refractivity contribution < 1.29 is 14.3 Å². The van der Waals surface area contributed by atoms with Gasteiger partial charge in [0, 0.05) is 25.2 Å². The highest BCUT2D eigenvalue weighted by Gasteiger charge is 2.29. The number of carbonyl (C=O) groups is 2. The first kappa shape index (κ1) is 15.5. The quantitative estimate of drug-likeness (QED) is 0.645. The smallest absolute Gasteiger partial charge is 0.251 e. The minimum atomic E-state index is -0.414. The van der Waals surface area contributed by atoms with E-state index < -0.39 is 6.10 Å². The van der Waals surface area contributed by atoms with E-state index in [4.69, 9.17) is 10.5 Å². The number of nitrogens with two attached hydrogens (primary N) is 1. The largest absolute Gasteiger partial charge is 0.364 e.